The molecule has 1 aliphatic rings. The summed E-state index contributed by atoms with van der Waals surface area (Å²) < 4.78 is 25.0. The van der Waals surface area contributed by atoms with Gasteiger partial charge in [-0.2, -0.15) is 4.98 Å². The van der Waals surface area contributed by atoms with Gasteiger partial charge in [-0.15, -0.1) is 0 Å². The van der Waals surface area contributed by atoms with Gasteiger partial charge >= 0.3 is 6.03 Å². The number of nitrogens with one attached hydrogen (secondary N) is 1. The molecule has 4 rings (SSSR count). The number of amides is 2. The Balaban J connectivity index is 1.43. The number of ether oxygens (including phenoxy) is 1. The molecule has 30 heavy (non-hydrogen) atoms. The second kappa shape index (κ2) is 7.90. The van der Waals surface area contributed by atoms with Crippen molar-refractivity contribution >= 4 is 17.5 Å². The molecule has 2 heterocycles. The van der Waals surface area contributed by atoms with Gasteiger partial charge in [-0.3, -0.25) is 4.79 Å². The molecule has 10 heteroatoms. The molecule has 1 aliphatic carbocycles. The first-order chi connectivity index (χ1) is 14.4. The summed E-state index contributed by atoms with van der Waals surface area (Å²) in [6.45, 7) is 1.72. The molecule has 0 radical (unpaired) electrons. The number of pyridine rings is 1. The van der Waals surface area contributed by atoms with Crippen molar-refractivity contribution in [1.82, 2.24) is 15.1 Å². The summed E-state index contributed by atoms with van der Waals surface area (Å²) in [6.07, 6.45) is 2.75. The maximum absolute atomic E-state index is 14.1. The highest BCUT2D eigenvalue weighted by Gasteiger charge is 2.31. The van der Waals surface area contributed by atoms with E-state index in [4.69, 9.17) is 15.0 Å². The van der Waals surface area contributed by atoms with Crippen molar-refractivity contribution in [2.75, 3.05) is 5.32 Å². The van der Waals surface area contributed by atoms with Gasteiger partial charge in [-0.25, -0.2) is 14.2 Å². The average Bonchev–Trinajstić information content (AvgIpc) is 3.45. The van der Waals surface area contributed by atoms with E-state index in [1.807, 2.05) is 0 Å². The molecule has 1 atom stereocenters. The van der Waals surface area contributed by atoms with Crippen molar-refractivity contribution in [2.45, 2.75) is 25.9 Å². The van der Waals surface area contributed by atoms with Gasteiger partial charge in [0.15, 0.2) is 11.9 Å². The Labute approximate surface area is 170 Å². The largest absolute Gasteiger partial charge is 0.481 e. The predicted molar refractivity (Wildman–Crippen MR) is 103 cm³/mol. The fourth-order valence-electron chi connectivity index (χ4n) is 2.81. The SMILES string of the molecule is CC(Oc1ccc(C(=O)C2CC2)nc1)c1noc(-c2ccc(NC(N)=O)c(F)c2)n1. The lowest BCUT2D eigenvalue weighted by molar-refractivity contribution is 0.0962. The fourth-order valence-corrected chi connectivity index (χ4v) is 2.81. The third kappa shape index (κ3) is 4.27. The molecule has 1 fully saturated rings. The molecule has 0 saturated heterocycles. The Morgan fingerprint density at radius 1 is 1.30 bits per heavy atom. The topological polar surface area (TPSA) is 133 Å². The minimum Gasteiger partial charge on any atom is -0.481 e. The van der Waals surface area contributed by atoms with Crippen LogP contribution in [0.5, 0.6) is 5.75 Å². The predicted octanol–water partition coefficient (Wildman–Crippen LogP) is 3.49. The molecule has 1 unspecified atom stereocenters. The number of carbonyl (C=O) groups is 2. The molecule has 0 spiro atoms. The number of nitrogens with two attached hydrogens (primary N) is 1. The van der Waals surface area contributed by atoms with Crippen LogP contribution in [0, 0.1) is 11.7 Å². The lowest BCUT2D eigenvalue weighted by Gasteiger charge is -2.10. The molecule has 154 valence electrons. The molecule has 2 aromatic heterocycles. The van der Waals surface area contributed by atoms with Crippen LogP contribution < -0.4 is 15.8 Å². The van der Waals surface area contributed by atoms with Crippen molar-refractivity contribution < 1.29 is 23.2 Å². The summed E-state index contributed by atoms with van der Waals surface area (Å²) in [5, 5.41) is 6.04. The van der Waals surface area contributed by atoms with E-state index in [9.17, 15) is 14.0 Å². The first-order valence-corrected chi connectivity index (χ1v) is 9.27. The van der Waals surface area contributed by atoms with Crippen molar-refractivity contribution in [3.8, 4) is 17.2 Å². The minimum atomic E-state index is -0.868. The number of hydrogen-bond donors (Lipinski definition) is 2. The monoisotopic (exact) mass is 411 g/mol. The standard InChI is InChI=1S/C20H18FN5O4/c1-10(29-13-5-7-16(23-9-13)17(27)11-2-3-11)18-25-19(30-26-18)12-4-6-15(14(21)8-12)24-20(22)28/h4-11H,2-3H2,1H3,(H3,22,24,28). The Hall–Kier alpha value is -3.82. The molecule has 9 nitrogen and oxygen atoms in total. The molecule has 3 aromatic rings. The van der Waals surface area contributed by atoms with Gasteiger partial charge in [-0.1, -0.05) is 5.16 Å². The summed E-state index contributed by atoms with van der Waals surface area (Å²) in [5.74, 6) is 0.265. The van der Waals surface area contributed by atoms with Crippen LogP contribution in [0.4, 0.5) is 14.9 Å². The molecule has 2 amide bonds. The number of urea groups is 1. The Morgan fingerprint density at radius 3 is 2.73 bits per heavy atom. The third-order valence-electron chi connectivity index (χ3n) is 4.53. The van der Waals surface area contributed by atoms with E-state index in [0.29, 0.717) is 17.0 Å². The number of rotatable bonds is 7. The highest BCUT2D eigenvalue weighted by Crippen LogP contribution is 2.32. The van der Waals surface area contributed by atoms with E-state index < -0.39 is 18.0 Å². The zero-order valence-electron chi connectivity index (χ0n) is 16.0. The van der Waals surface area contributed by atoms with Crippen LogP contribution in [0.1, 0.15) is 42.2 Å². The van der Waals surface area contributed by atoms with Crippen LogP contribution in [0.3, 0.4) is 0 Å². The van der Waals surface area contributed by atoms with Gasteiger partial charge < -0.3 is 20.3 Å². The number of carbonyl (C=O) groups excluding carboxylic acids is 2. The van der Waals surface area contributed by atoms with Crippen molar-refractivity contribution in [1.29, 1.82) is 0 Å². The van der Waals surface area contributed by atoms with Gasteiger partial charge in [0.05, 0.1) is 11.9 Å². The van der Waals surface area contributed by atoms with Gasteiger partial charge in [0.2, 0.25) is 5.82 Å². The van der Waals surface area contributed by atoms with Gasteiger partial charge in [0.1, 0.15) is 17.3 Å². The van der Waals surface area contributed by atoms with Gasteiger partial charge in [0, 0.05) is 11.5 Å². The highest BCUT2D eigenvalue weighted by molar-refractivity contribution is 5.97. The quantitative estimate of drug-likeness (QED) is 0.568. The second-order valence-electron chi connectivity index (χ2n) is 6.92. The van der Waals surface area contributed by atoms with Crippen molar-refractivity contribution in [3.05, 3.63) is 53.9 Å². The first kappa shape index (κ1) is 19.5. The number of Topliss-reactive ketones (excluding diaryl/α,β-unsaturated/α-hetero) is 1. The average molecular weight is 411 g/mol. The van der Waals surface area contributed by atoms with E-state index in [-0.39, 0.29) is 29.1 Å². The molecular formula is C20H18FN5O4. The molecular weight excluding hydrogens is 393 g/mol. The second-order valence-corrected chi connectivity index (χ2v) is 6.92. The maximum Gasteiger partial charge on any atom is 0.316 e. The van der Waals surface area contributed by atoms with Crippen LogP contribution in [0.2, 0.25) is 0 Å². The number of halogens is 1. The number of primary amides is 1. The number of hydrogen-bond acceptors (Lipinski definition) is 7. The zero-order chi connectivity index (χ0) is 21.3. The number of ketones is 1. The van der Waals surface area contributed by atoms with Crippen LogP contribution in [-0.4, -0.2) is 26.9 Å². The maximum atomic E-state index is 14.1. The minimum absolute atomic E-state index is 0.0567. The van der Waals surface area contributed by atoms with E-state index >= 15 is 0 Å². The number of benzene rings is 1. The van der Waals surface area contributed by atoms with E-state index in [1.165, 1.54) is 18.3 Å². The lowest BCUT2D eigenvalue weighted by Crippen LogP contribution is -2.19. The highest BCUT2D eigenvalue weighted by atomic mass is 19.1. The smallest absolute Gasteiger partial charge is 0.316 e. The fraction of sp³-hybridized carbons (Fsp3) is 0.250. The molecule has 1 saturated carbocycles. The normalized spacial score (nSPS) is 14.2. The first-order valence-electron chi connectivity index (χ1n) is 9.27. The third-order valence-corrected chi connectivity index (χ3v) is 4.53. The summed E-state index contributed by atoms with van der Waals surface area (Å²) in [6, 6.07) is 6.43. The van der Waals surface area contributed by atoms with Crippen LogP contribution in [0.25, 0.3) is 11.5 Å². The number of anilines is 1. The Morgan fingerprint density at radius 2 is 2.10 bits per heavy atom. The van der Waals surface area contributed by atoms with Crippen molar-refractivity contribution in [3.63, 3.8) is 0 Å². The zero-order valence-corrected chi connectivity index (χ0v) is 16.0. The summed E-state index contributed by atoms with van der Waals surface area (Å²) in [7, 11) is 0. The van der Waals surface area contributed by atoms with Gasteiger partial charge in [-0.05, 0) is 50.1 Å². The summed E-state index contributed by atoms with van der Waals surface area (Å²) in [5.41, 5.74) is 5.69. The molecule has 0 bridgehead atoms. The Kier molecular flexibility index (Phi) is 5.13. The number of nitrogens with zero attached hydrogens (tertiary/aromatic N) is 3. The lowest BCUT2D eigenvalue weighted by atomic mass is 10.2. The van der Waals surface area contributed by atoms with E-state index in [1.54, 1.807) is 19.1 Å². The van der Waals surface area contributed by atoms with Crippen molar-refractivity contribution in [2.24, 2.45) is 11.7 Å². The summed E-state index contributed by atoms with van der Waals surface area (Å²) in [4.78, 5) is 31.3. The van der Waals surface area contributed by atoms with Crippen LogP contribution >= 0.6 is 0 Å². The van der Waals surface area contributed by atoms with E-state index in [0.717, 1.165) is 18.9 Å². The summed E-state index contributed by atoms with van der Waals surface area (Å²) >= 11 is 0. The van der Waals surface area contributed by atoms with Gasteiger partial charge in [0.25, 0.3) is 5.89 Å². The van der Waals surface area contributed by atoms with E-state index in [2.05, 4.69) is 20.4 Å². The molecule has 1 aromatic carbocycles. The van der Waals surface area contributed by atoms with Crippen LogP contribution in [-0.2, 0) is 0 Å². The van der Waals surface area contributed by atoms with Crippen LogP contribution in [0.15, 0.2) is 41.1 Å². The molecule has 0 aliphatic heterocycles. The Bertz CT molecular complexity index is 1090. The number of aromatic nitrogens is 3. The molecule has 3 N–H and O–H groups in total.